The van der Waals surface area contributed by atoms with Crippen LogP contribution < -0.4 is 14.8 Å². The zero-order valence-corrected chi connectivity index (χ0v) is 19.4. The van der Waals surface area contributed by atoms with Crippen LogP contribution >= 0.6 is 0 Å². The van der Waals surface area contributed by atoms with Crippen molar-refractivity contribution in [2.75, 3.05) is 14.2 Å². The minimum Gasteiger partial charge on any atom is -0.493 e. The number of benzene rings is 1. The van der Waals surface area contributed by atoms with Crippen LogP contribution in [0.3, 0.4) is 0 Å². The van der Waals surface area contributed by atoms with Crippen LogP contribution in [0, 0.1) is 0 Å². The summed E-state index contributed by atoms with van der Waals surface area (Å²) in [5, 5.41) is 6.70. The molecule has 0 saturated carbocycles. The minimum absolute atomic E-state index is 0.0323. The number of methoxy groups -OCH3 is 1. The molecule has 178 valence electrons. The zero-order chi connectivity index (χ0) is 24.1. The van der Waals surface area contributed by atoms with E-state index in [1.165, 1.54) is 13.2 Å². The van der Waals surface area contributed by atoms with Crippen molar-refractivity contribution in [3.63, 3.8) is 0 Å². The molecule has 0 spiro atoms. The standard InChI is InChI=1S/C21H30F2N4O5/c1-20(2,3)31-19(28)25-21(4,5)17-24-16(32-26-17)12-27(6)11-13-8-9-14(30-18(22)23)15(10-13)29-7/h8-10,18H,11-12H2,1-7H3,(H,25,28). The molecule has 1 heterocycles. The quantitative estimate of drug-likeness (QED) is 0.603. The van der Waals surface area contributed by atoms with Crippen molar-refractivity contribution in [2.45, 2.75) is 65.5 Å². The van der Waals surface area contributed by atoms with E-state index in [0.717, 1.165) is 5.56 Å². The highest BCUT2D eigenvalue weighted by atomic mass is 19.3. The molecule has 0 radical (unpaired) electrons. The van der Waals surface area contributed by atoms with Crippen molar-refractivity contribution >= 4 is 6.09 Å². The Bertz CT molecular complexity index is 912. The van der Waals surface area contributed by atoms with E-state index in [2.05, 4.69) is 20.2 Å². The fraction of sp³-hybridized carbons (Fsp3) is 0.571. The second-order valence-electron chi connectivity index (χ2n) is 8.80. The maximum atomic E-state index is 12.5. The lowest BCUT2D eigenvalue weighted by atomic mass is 10.1. The molecule has 1 N–H and O–H groups in total. The molecule has 0 unspecified atom stereocenters. The normalized spacial score (nSPS) is 12.2. The van der Waals surface area contributed by atoms with Gasteiger partial charge in [0, 0.05) is 6.54 Å². The van der Waals surface area contributed by atoms with E-state index in [1.807, 2.05) is 11.9 Å². The highest BCUT2D eigenvalue weighted by Gasteiger charge is 2.31. The molecule has 0 aliphatic rings. The second kappa shape index (κ2) is 10.1. The van der Waals surface area contributed by atoms with Gasteiger partial charge in [0.1, 0.15) is 11.1 Å². The summed E-state index contributed by atoms with van der Waals surface area (Å²) in [7, 11) is 3.22. The van der Waals surface area contributed by atoms with Crippen LogP contribution in [0.25, 0.3) is 0 Å². The van der Waals surface area contributed by atoms with Gasteiger partial charge in [-0.1, -0.05) is 11.2 Å². The second-order valence-corrected chi connectivity index (χ2v) is 8.80. The molecule has 32 heavy (non-hydrogen) atoms. The van der Waals surface area contributed by atoms with Crippen LogP contribution in [0.4, 0.5) is 13.6 Å². The number of hydrogen-bond acceptors (Lipinski definition) is 8. The summed E-state index contributed by atoms with van der Waals surface area (Å²) in [5.74, 6) is 0.842. The van der Waals surface area contributed by atoms with Crippen molar-refractivity contribution in [2.24, 2.45) is 0 Å². The van der Waals surface area contributed by atoms with Gasteiger partial charge in [-0.15, -0.1) is 0 Å². The number of nitrogens with one attached hydrogen (secondary N) is 1. The smallest absolute Gasteiger partial charge is 0.408 e. The molecule has 9 nitrogen and oxygen atoms in total. The van der Waals surface area contributed by atoms with Gasteiger partial charge in [0.2, 0.25) is 5.89 Å². The van der Waals surface area contributed by atoms with Crippen molar-refractivity contribution in [3.05, 3.63) is 35.5 Å². The third kappa shape index (κ3) is 7.63. The van der Waals surface area contributed by atoms with Crippen LogP contribution in [0.1, 0.15) is 51.9 Å². The fourth-order valence-corrected chi connectivity index (χ4v) is 2.79. The summed E-state index contributed by atoms with van der Waals surface area (Å²) >= 11 is 0. The Kier molecular flexibility index (Phi) is 8.00. The summed E-state index contributed by atoms with van der Waals surface area (Å²) < 4.78 is 45.1. The van der Waals surface area contributed by atoms with Gasteiger partial charge >= 0.3 is 12.7 Å². The van der Waals surface area contributed by atoms with Crippen LogP contribution in [0.2, 0.25) is 0 Å². The number of rotatable bonds is 9. The number of alkyl carbamates (subject to hydrolysis) is 1. The van der Waals surface area contributed by atoms with Gasteiger partial charge in [0.25, 0.3) is 0 Å². The first-order chi connectivity index (χ1) is 14.8. The van der Waals surface area contributed by atoms with Crippen LogP contribution in [-0.2, 0) is 23.4 Å². The van der Waals surface area contributed by atoms with Crippen molar-refractivity contribution in [3.8, 4) is 11.5 Å². The van der Waals surface area contributed by atoms with Crippen LogP contribution in [0.5, 0.6) is 11.5 Å². The highest BCUT2D eigenvalue weighted by molar-refractivity contribution is 5.68. The first-order valence-electron chi connectivity index (χ1n) is 9.93. The van der Waals surface area contributed by atoms with E-state index < -0.39 is 23.8 Å². The minimum atomic E-state index is -2.93. The number of amides is 1. The Morgan fingerprint density at radius 3 is 2.47 bits per heavy atom. The molecule has 11 heteroatoms. The molecular formula is C21H30F2N4O5. The summed E-state index contributed by atoms with van der Waals surface area (Å²) in [6.07, 6.45) is -0.584. The first-order valence-corrected chi connectivity index (χ1v) is 9.93. The third-order valence-electron chi connectivity index (χ3n) is 4.14. The average molecular weight is 456 g/mol. The molecule has 0 bridgehead atoms. The molecule has 2 rings (SSSR count). The SMILES string of the molecule is COc1cc(CN(C)Cc2nc(C(C)(C)NC(=O)OC(C)(C)C)no2)ccc1OC(F)F. The molecule has 2 aromatic rings. The lowest BCUT2D eigenvalue weighted by Gasteiger charge is -2.26. The van der Waals surface area contributed by atoms with Gasteiger partial charge in [0.05, 0.1) is 13.7 Å². The van der Waals surface area contributed by atoms with Crippen molar-refractivity contribution in [1.29, 1.82) is 0 Å². The summed E-state index contributed by atoms with van der Waals surface area (Å²) in [4.78, 5) is 18.4. The maximum Gasteiger partial charge on any atom is 0.408 e. The number of carbonyl (C=O) groups excluding carboxylic acids is 1. The molecule has 1 aromatic heterocycles. The van der Waals surface area contributed by atoms with Gasteiger partial charge in [-0.05, 0) is 59.4 Å². The van der Waals surface area contributed by atoms with E-state index in [9.17, 15) is 13.6 Å². The van der Waals surface area contributed by atoms with E-state index in [4.69, 9.17) is 14.0 Å². The predicted molar refractivity (Wildman–Crippen MR) is 111 cm³/mol. The predicted octanol–water partition coefficient (Wildman–Crippen LogP) is 4.07. The first kappa shape index (κ1) is 25.3. The van der Waals surface area contributed by atoms with Crippen molar-refractivity contribution in [1.82, 2.24) is 20.4 Å². The summed E-state index contributed by atoms with van der Waals surface area (Å²) in [6, 6.07) is 4.73. The summed E-state index contributed by atoms with van der Waals surface area (Å²) in [5.41, 5.74) is -0.716. The van der Waals surface area contributed by atoms with Crippen molar-refractivity contribution < 1.29 is 32.3 Å². The Morgan fingerprint density at radius 1 is 1.19 bits per heavy atom. The summed E-state index contributed by atoms with van der Waals surface area (Å²) in [6.45, 7) is 6.66. The molecule has 0 atom stereocenters. The Labute approximate surface area is 186 Å². The van der Waals surface area contributed by atoms with Crippen LogP contribution in [0.15, 0.2) is 22.7 Å². The Balaban J connectivity index is 2.00. The van der Waals surface area contributed by atoms with Gasteiger partial charge in [-0.3, -0.25) is 4.90 Å². The van der Waals surface area contributed by atoms with Gasteiger partial charge < -0.3 is 24.1 Å². The molecule has 0 aliphatic heterocycles. The number of hydrogen-bond donors (Lipinski definition) is 1. The lowest BCUT2D eigenvalue weighted by molar-refractivity contribution is -0.0512. The molecular weight excluding hydrogens is 426 g/mol. The average Bonchev–Trinajstić information content (AvgIpc) is 3.09. The Hall–Kier alpha value is -2.95. The zero-order valence-electron chi connectivity index (χ0n) is 19.4. The number of carbonyl (C=O) groups is 1. The van der Waals surface area contributed by atoms with Gasteiger partial charge in [-0.25, -0.2) is 4.79 Å². The van der Waals surface area contributed by atoms with E-state index in [0.29, 0.717) is 24.8 Å². The fourth-order valence-electron chi connectivity index (χ4n) is 2.79. The number of aromatic nitrogens is 2. The number of alkyl halides is 2. The van der Waals surface area contributed by atoms with E-state index in [1.54, 1.807) is 46.8 Å². The molecule has 1 amide bonds. The lowest BCUT2D eigenvalue weighted by Crippen LogP contribution is -2.44. The number of halogens is 2. The molecule has 0 aliphatic carbocycles. The van der Waals surface area contributed by atoms with Crippen LogP contribution in [-0.4, -0.2) is 47.5 Å². The van der Waals surface area contributed by atoms with Gasteiger partial charge in [-0.2, -0.15) is 13.8 Å². The van der Waals surface area contributed by atoms with Gasteiger partial charge in [0.15, 0.2) is 17.3 Å². The molecule has 0 fully saturated rings. The topological polar surface area (TPSA) is 99.0 Å². The van der Waals surface area contributed by atoms with E-state index >= 15 is 0 Å². The van der Waals surface area contributed by atoms with E-state index in [-0.39, 0.29) is 11.5 Å². The highest BCUT2D eigenvalue weighted by Crippen LogP contribution is 2.30. The maximum absolute atomic E-state index is 12.5. The Morgan fingerprint density at radius 2 is 1.88 bits per heavy atom. The number of ether oxygens (including phenoxy) is 3. The molecule has 0 saturated heterocycles. The third-order valence-corrected chi connectivity index (χ3v) is 4.14. The monoisotopic (exact) mass is 456 g/mol. The largest absolute Gasteiger partial charge is 0.493 e. The molecule has 1 aromatic carbocycles. The number of nitrogens with zero attached hydrogens (tertiary/aromatic N) is 3.